The molecule has 0 aliphatic carbocycles. The number of hydrogen-bond acceptors (Lipinski definition) is 4. The van der Waals surface area contributed by atoms with E-state index in [-0.39, 0.29) is 0 Å². The van der Waals surface area contributed by atoms with Gasteiger partial charge in [0.25, 0.3) is 0 Å². The maximum absolute atomic E-state index is 12.8. The fourth-order valence-corrected chi connectivity index (χ4v) is 1.73. The van der Waals surface area contributed by atoms with E-state index in [1.54, 1.807) is 0 Å². The summed E-state index contributed by atoms with van der Waals surface area (Å²) in [4.78, 5) is 24.1. The third-order valence-corrected chi connectivity index (χ3v) is 2.44. The lowest BCUT2D eigenvalue weighted by molar-refractivity contribution is -0.148. The van der Waals surface area contributed by atoms with Gasteiger partial charge in [0.1, 0.15) is 11.6 Å². The second-order valence-corrected chi connectivity index (χ2v) is 6.06. The average Bonchev–Trinajstić information content (AvgIpc) is 2.23. The largest absolute Gasteiger partial charge is 0.497 e. The van der Waals surface area contributed by atoms with Crippen molar-refractivity contribution in [2.45, 2.75) is 46.3 Å². The molecule has 0 aliphatic heterocycles. The van der Waals surface area contributed by atoms with Crippen molar-refractivity contribution in [3.05, 3.63) is 0 Å². The zero-order valence-electron chi connectivity index (χ0n) is 13.2. The minimum atomic E-state index is -5.31. The Labute approximate surface area is 122 Å². The van der Waals surface area contributed by atoms with Gasteiger partial charge in [0, 0.05) is 0 Å². The highest BCUT2D eigenvalue weighted by Crippen LogP contribution is 2.21. The van der Waals surface area contributed by atoms with Gasteiger partial charge in [0.2, 0.25) is 0 Å². The Morgan fingerprint density at radius 1 is 1.19 bits per heavy atom. The zero-order chi connectivity index (χ0) is 17.0. The van der Waals surface area contributed by atoms with Crippen molar-refractivity contribution in [2.75, 3.05) is 13.6 Å². The number of nitrogens with zero attached hydrogens (tertiary/aromatic N) is 1. The summed E-state index contributed by atoms with van der Waals surface area (Å²) < 4.78 is 47.7. The molecular weight excluding hydrogens is 290 g/mol. The van der Waals surface area contributed by atoms with Crippen molar-refractivity contribution in [3.63, 3.8) is 0 Å². The van der Waals surface area contributed by atoms with Gasteiger partial charge in [-0.2, -0.15) is 0 Å². The molecule has 1 amide bonds. The van der Waals surface area contributed by atoms with E-state index in [0.29, 0.717) is 4.90 Å². The molecule has 0 spiro atoms. The first-order chi connectivity index (χ1) is 9.28. The molecule has 0 saturated heterocycles. The van der Waals surface area contributed by atoms with Crippen LogP contribution in [0.15, 0.2) is 0 Å². The summed E-state index contributed by atoms with van der Waals surface area (Å²) in [7, 11) is 1.06. The number of rotatable bonds is 5. The predicted molar refractivity (Wildman–Crippen MR) is 72.7 cm³/mol. The predicted octanol–water partition coefficient (Wildman–Crippen LogP) is 2.81. The molecule has 0 bridgehead atoms. The Balaban J connectivity index is 5.47. The number of amides is 1. The van der Waals surface area contributed by atoms with E-state index >= 15 is 0 Å². The van der Waals surface area contributed by atoms with Gasteiger partial charge >= 0.3 is 19.0 Å². The molecule has 0 aromatic carbocycles. The van der Waals surface area contributed by atoms with Gasteiger partial charge in [-0.25, -0.2) is 9.59 Å². The van der Waals surface area contributed by atoms with Crippen LogP contribution in [0.2, 0.25) is 0 Å². The molecule has 0 aliphatic rings. The molecule has 0 rings (SSSR count). The Morgan fingerprint density at radius 2 is 1.67 bits per heavy atom. The monoisotopic (exact) mass is 312 g/mol. The molecule has 0 radical (unpaired) electrons. The fraction of sp³-hybridized carbons (Fsp3) is 0.833. The Hall–Kier alpha value is -1.41. The first-order valence-corrected chi connectivity index (χ1v) is 6.57. The molecule has 0 aromatic heterocycles. The van der Waals surface area contributed by atoms with E-state index in [1.807, 2.05) is 0 Å². The number of carbonyl (C=O) groups excluding carboxylic acids is 2. The minimum Gasteiger partial charge on any atom is -0.467 e. The van der Waals surface area contributed by atoms with Gasteiger partial charge < -0.3 is 27.3 Å². The van der Waals surface area contributed by atoms with Crippen molar-refractivity contribution in [2.24, 2.45) is 5.92 Å². The number of carbonyl (C=O) groups is 2. The lowest BCUT2D eigenvalue weighted by atomic mass is 9.89. The van der Waals surface area contributed by atoms with Crippen LogP contribution in [-0.2, 0) is 14.3 Å². The number of methoxy groups -OCH3 is 1. The molecule has 0 unspecified atom stereocenters. The quantitative estimate of drug-likeness (QED) is 0.578. The van der Waals surface area contributed by atoms with Crippen LogP contribution in [0.25, 0.3) is 0 Å². The SMILES string of the molecule is COC(=O)[C@H](C(C)C)N(C[B-](F)(F)F)C(=O)OC(C)(C)C. The molecule has 21 heavy (non-hydrogen) atoms. The molecule has 1 atom stereocenters. The summed E-state index contributed by atoms with van der Waals surface area (Å²) >= 11 is 0. The van der Waals surface area contributed by atoms with Crippen LogP contribution >= 0.6 is 0 Å². The number of halogens is 3. The second-order valence-electron chi connectivity index (χ2n) is 6.06. The minimum absolute atomic E-state index is 0.391. The summed E-state index contributed by atoms with van der Waals surface area (Å²) in [6, 6.07) is -1.35. The van der Waals surface area contributed by atoms with Crippen molar-refractivity contribution >= 4 is 19.0 Å². The van der Waals surface area contributed by atoms with Crippen molar-refractivity contribution in [1.82, 2.24) is 4.90 Å². The van der Waals surface area contributed by atoms with Gasteiger partial charge in [-0.3, -0.25) is 0 Å². The first kappa shape index (κ1) is 19.6. The lowest BCUT2D eigenvalue weighted by Gasteiger charge is -2.36. The van der Waals surface area contributed by atoms with Crippen LogP contribution in [0.1, 0.15) is 34.6 Å². The molecule has 0 fully saturated rings. The number of esters is 1. The van der Waals surface area contributed by atoms with Gasteiger partial charge in [-0.05, 0) is 33.1 Å². The Morgan fingerprint density at radius 3 is 1.95 bits per heavy atom. The van der Waals surface area contributed by atoms with Crippen LogP contribution in [0.5, 0.6) is 0 Å². The second kappa shape index (κ2) is 7.04. The summed E-state index contributed by atoms with van der Waals surface area (Å²) in [6.45, 7) is 2.35. The van der Waals surface area contributed by atoms with Gasteiger partial charge in [0.05, 0.1) is 7.11 Å². The van der Waals surface area contributed by atoms with Crippen molar-refractivity contribution < 1.29 is 32.0 Å². The maximum Gasteiger partial charge on any atom is 0.497 e. The lowest BCUT2D eigenvalue weighted by Crippen LogP contribution is -2.54. The standard InChI is InChI=1S/C12H22BF3NO4/c1-8(2)9(10(18)20-6)17(7-13(14,15)16)11(19)21-12(3,4)5/h8-9H,7H2,1-6H3/q-1/t9-/m0/s1. The first-order valence-electron chi connectivity index (χ1n) is 6.57. The molecule has 0 heterocycles. The highest BCUT2D eigenvalue weighted by Gasteiger charge is 2.40. The van der Waals surface area contributed by atoms with E-state index in [0.717, 1.165) is 7.11 Å². The summed E-state index contributed by atoms with van der Waals surface area (Å²) in [5.74, 6) is -1.46. The summed E-state index contributed by atoms with van der Waals surface area (Å²) in [6.07, 6.45) is -2.71. The van der Waals surface area contributed by atoms with Crippen LogP contribution in [0, 0.1) is 5.92 Å². The van der Waals surface area contributed by atoms with Gasteiger partial charge in [-0.1, -0.05) is 13.8 Å². The third kappa shape index (κ3) is 7.24. The highest BCUT2D eigenvalue weighted by molar-refractivity contribution is 6.58. The number of ether oxygens (including phenoxy) is 2. The van der Waals surface area contributed by atoms with Gasteiger partial charge in [-0.15, -0.1) is 0 Å². The summed E-state index contributed by atoms with van der Waals surface area (Å²) in [5.41, 5.74) is -0.967. The molecular formula is C12H22BF3NO4-. The van der Waals surface area contributed by atoms with E-state index in [1.165, 1.54) is 34.6 Å². The average molecular weight is 312 g/mol. The van der Waals surface area contributed by atoms with Crippen LogP contribution in [0.3, 0.4) is 0 Å². The summed E-state index contributed by atoms with van der Waals surface area (Å²) in [5, 5.41) is 0. The van der Waals surface area contributed by atoms with Gasteiger partial charge in [0.15, 0.2) is 0 Å². The third-order valence-electron chi connectivity index (χ3n) is 2.44. The van der Waals surface area contributed by atoms with Crippen molar-refractivity contribution in [1.29, 1.82) is 0 Å². The van der Waals surface area contributed by atoms with E-state index in [4.69, 9.17) is 4.74 Å². The molecule has 0 aromatic rings. The normalized spacial score (nSPS) is 13.8. The molecule has 0 N–H and O–H groups in total. The topological polar surface area (TPSA) is 55.8 Å². The Bertz CT molecular complexity index is 380. The van der Waals surface area contributed by atoms with E-state index in [2.05, 4.69) is 4.74 Å². The Kier molecular flexibility index (Phi) is 6.57. The van der Waals surface area contributed by atoms with E-state index < -0.39 is 43.0 Å². The van der Waals surface area contributed by atoms with Crippen LogP contribution < -0.4 is 0 Å². The smallest absolute Gasteiger partial charge is 0.467 e. The molecule has 9 heteroatoms. The molecule has 5 nitrogen and oxygen atoms in total. The fourth-order valence-electron chi connectivity index (χ4n) is 1.73. The van der Waals surface area contributed by atoms with E-state index in [9.17, 15) is 22.5 Å². The van der Waals surface area contributed by atoms with Crippen molar-refractivity contribution in [3.8, 4) is 0 Å². The maximum atomic E-state index is 12.8. The highest BCUT2D eigenvalue weighted by atomic mass is 19.4. The molecule has 124 valence electrons. The number of hydrogen-bond donors (Lipinski definition) is 0. The van der Waals surface area contributed by atoms with Crippen LogP contribution in [0.4, 0.5) is 17.7 Å². The van der Waals surface area contributed by atoms with Crippen LogP contribution in [-0.4, -0.2) is 49.1 Å². The zero-order valence-corrected chi connectivity index (χ0v) is 13.2. The molecule has 0 saturated carbocycles.